The normalized spacial score (nSPS) is 19.1. The number of aliphatic hydroxyl groups is 1. The van der Waals surface area contributed by atoms with Gasteiger partial charge in [0.25, 0.3) is 0 Å². The second-order valence-electron chi connectivity index (χ2n) is 10.0. The molecule has 0 radical (unpaired) electrons. The third-order valence-electron chi connectivity index (χ3n) is 7.04. The van der Waals surface area contributed by atoms with Gasteiger partial charge in [-0.3, -0.25) is 9.78 Å². The molecule has 4 N–H and O–H groups in total. The Morgan fingerprint density at radius 1 is 1.20 bits per heavy atom. The van der Waals surface area contributed by atoms with Gasteiger partial charge in [0.1, 0.15) is 29.8 Å². The molecule has 40 heavy (non-hydrogen) atoms. The number of pyridine rings is 1. The summed E-state index contributed by atoms with van der Waals surface area (Å²) in [6.45, 7) is 4.45. The number of benzene rings is 1. The molecule has 0 unspecified atom stereocenters. The Morgan fingerprint density at radius 2 is 1.98 bits per heavy atom. The summed E-state index contributed by atoms with van der Waals surface area (Å²) in [7, 11) is 0. The summed E-state index contributed by atoms with van der Waals surface area (Å²) < 4.78 is 36.6. The highest BCUT2D eigenvalue weighted by atomic mass is 19.1. The number of anilines is 1. The Kier molecular flexibility index (Phi) is 7.90. The fraction of sp³-hybridized carbons (Fsp3) is 0.357. The largest absolute Gasteiger partial charge is 0.491 e. The second-order valence-corrected chi connectivity index (χ2v) is 10.0. The van der Waals surface area contributed by atoms with Crippen LogP contribution in [0.5, 0.6) is 5.75 Å². The number of aliphatic hydroxyl groups excluding tert-OH is 1. The summed E-state index contributed by atoms with van der Waals surface area (Å²) >= 11 is 0. The highest BCUT2D eigenvalue weighted by Crippen LogP contribution is 2.30. The lowest BCUT2D eigenvalue weighted by molar-refractivity contribution is -0.120. The molecular weight excluding hydrogens is 520 g/mol. The van der Waals surface area contributed by atoms with E-state index < -0.39 is 11.6 Å². The first-order valence-electron chi connectivity index (χ1n) is 13.0. The van der Waals surface area contributed by atoms with Gasteiger partial charge in [0.2, 0.25) is 5.91 Å². The number of fused-ring (bicyclic) bond motifs is 1. The average molecular weight is 552 g/mol. The zero-order valence-electron chi connectivity index (χ0n) is 22.2. The molecule has 1 amide bonds. The van der Waals surface area contributed by atoms with E-state index in [2.05, 4.69) is 32.2 Å². The van der Waals surface area contributed by atoms with E-state index in [0.717, 1.165) is 23.4 Å². The van der Waals surface area contributed by atoms with Crippen molar-refractivity contribution in [2.75, 3.05) is 31.2 Å². The molecule has 10 nitrogen and oxygen atoms in total. The van der Waals surface area contributed by atoms with E-state index in [1.54, 1.807) is 29.2 Å². The summed E-state index contributed by atoms with van der Waals surface area (Å²) in [4.78, 5) is 22.7. The molecular formula is C28H31F2N7O3. The Hall–Kier alpha value is -4.16. The summed E-state index contributed by atoms with van der Waals surface area (Å²) in [6.07, 6.45) is 5.49. The molecule has 1 aliphatic heterocycles. The Balaban J connectivity index is 1.43. The van der Waals surface area contributed by atoms with E-state index in [1.165, 1.54) is 13.0 Å². The number of rotatable bonds is 8. The van der Waals surface area contributed by atoms with Crippen LogP contribution in [-0.2, 0) is 11.2 Å². The second kappa shape index (κ2) is 11.5. The first-order chi connectivity index (χ1) is 19.2. The summed E-state index contributed by atoms with van der Waals surface area (Å²) in [6, 6.07) is 6.92. The minimum Gasteiger partial charge on any atom is -0.491 e. The van der Waals surface area contributed by atoms with Crippen molar-refractivity contribution in [3.63, 3.8) is 0 Å². The number of carbonyl (C=O) groups excluding carboxylic acids is 1. The van der Waals surface area contributed by atoms with E-state index in [-0.39, 0.29) is 54.1 Å². The number of hydrogen-bond acceptors (Lipinski definition) is 8. The topological polar surface area (TPSA) is 131 Å². The Morgan fingerprint density at radius 3 is 2.67 bits per heavy atom. The highest BCUT2D eigenvalue weighted by molar-refractivity contribution is 5.73. The summed E-state index contributed by atoms with van der Waals surface area (Å²) in [5, 5.41) is 16.4. The molecule has 210 valence electrons. The predicted octanol–water partition coefficient (Wildman–Crippen LogP) is 2.32. The van der Waals surface area contributed by atoms with Crippen LogP contribution >= 0.6 is 0 Å². The van der Waals surface area contributed by atoms with E-state index >= 15 is 0 Å². The van der Waals surface area contributed by atoms with Gasteiger partial charge in [-0.15, -0.1) is 0 Å². The molecule has 5 rings (SSSR count). The van der Waals surface area contributed by atoms with Gasteiger partial charge in [-0.05, 0) is 24.1 Å². The number of ether oxygens (including phenoxy) is 1. The van der Waals surface area contributed by atoms with Gasteiger partial charge in [0, 0.05) is 74.3 Å². The lowest BCUT2D eigenvalue weighted by Crippen LogP contribution is -2.61. The number of amides is 1. The number of hydrogen-bond donors (Lipinski definition) is 3. The zero-order chi connectivity index (χ0) is 28.4. The van der Waals surface area contributed by atoms with Crippen molar-refractivity contribution >= 4 is 17.1 Å². The van der Waals surface area contributed by atoms with Crippen molar-refractivity contribution in [3.05, 3.63) is 71.9 Å². The SMILES string of the molecule is CC(=O)N[C@@H]1[C@H](N)CN(c2ccncc2Cc2ncc3ccc(-c4c(F)cc(OCCO)cc4F)nn23)C[C@@H]1C. The smallest absolute Gasteiger partial charge is 0.217 e. The van der Waals surface area contributed by atoms with Gasteiger partial charge in [-0.2, -0.15) is 5.10 Å². The molecule has 12 heteroatoms. The van der Waals surface area contributed by atoms with Crippen LogP contribution in [0.25, 0.3) is 16.8 Å². The molecule has 1 saturated heterocycles. The number of imidazole rings is 1. The fourth-order valence-corrected chi connectivity index (χ4v) is 5.27. The molecule has 3 aromatic heterocycles. The first kappa shape index (κ1) is 27.4. The van der Waals surface area contributed by atoms with Crippen molar-refractivity contribution < 1.29 is 23.4 Å². The molecule has 4 heterocycles. The fourth-order valence-electron chi connectivity index (χ4n) is 5.27. The van der Waals surface area contributed by atoms with Crippen LogP contribution in [0.4, 0.5) is 14.5 Å². The lowest BCUT2D eigenvalue weighted by Gasteiger charge is -2.43. The first-order valence-corrected chi connectivity index (χ1v) is 13.0. The molecule has 4 aromatic rings. The minimum atomic E-state index is -0.830. The maximum Gasteiger partial charge on any atom is 0.217 e. The van der Waals surface area contributed by atoms with Gasteiger partial charge in [0.05, 0.1) is 29.6 Å². The van der Waals surface area contributed by atoms with Crippen LogP contribution < -0.4 is 20.7 Å². The van der Waals surface area contributed by atoms with Crippen molar-refractivity contribution in [1.29, 1.82) is 0 Å². The van der Waals surface area contributed by atoms with Gasteiger partial charge in [0.15, 0.2) is 0 Å². The number of nitrogens with zero attached hydrogens (tertiary/aromatic N) is 5. The van der Waals surface area contributed by atoms with Crippen molar-refractivity contribution in [2.24, 2.45) is 11.7 Å². The Bertz CT molecular complexity index is 1490. The van der Waals surface area contributed by atoms with Crippen molar-refractivity contribution in [1.82, 2.24) is 24.9 Å². The number of nitrogens with one attached hydrogen (secondary N) is 1. The van der Waals surface area contributed by atoms with Crippen LogP contribution in [0.2, 0.25) is 0 Å². The predicted molar refractivity (Wildman–Crippen MR) is 145 cm³/mol. The number of carbonyl (C=O) groups is 1. The molecule has 0 bridgehead atoms. The number of piperidine rings is 1. The standard InChI is InChI=1S/C28H31F2N7O3/c1-16-14-36(15-23(31)28(16)34-17(2)39)25-5-6-32-12-18(25)9-26-33-13-19-3-4-24(35-37(19)26)27-21(29)10-20(11-22(27)30)40-8-7-38/h3-6,10-13,16,23,28,38H,7-9,14-15,31H2,1-2H3,(H,34,39)/t16-,23+,28-/m0/s1. The maximum absolute atomic E-state index is 14.9. The molecule has 1 aromatic carbocycles. The van der Waals surface area contributed by atoms with Crippen molar-refractivity contribution in [3.8, 4) is 17.0 Å². The lowest BCUT2D eigenvalue weighted by atomic mass is 9.89. The van der Waals surface area contributed by atoms with E-state index in [1.807, 2.05) is 6.07 Å². The molecule has 1 aliphatic rings. The van der Waals surface area contributed by atoms with E-state index in [4.69, 9.17) is 15.6 Å². The number of aromatic nitrogens is 4. The summed E-state index contributed by atoms with van der Waals surface area (Å²) in [5.74, 6) is -1.09. The molecule has 1 fully saturated rings. The van der Waals surface area contributed by atoms with Crippen LogP contribution in [0.3, 0.4) is 0 Å². The molecule has 0 spiro atoms. The van der Waals surface area contributed by atoms with Crippen LogP contribution in [0.15, 0.2) is 48.9 Å². The van der Waals surface area contributed by atoms with Crippen molar-refractivity contribution in [2.45, 2.75) is 32.4 Å². The minimum absolute atomic E-state index is 0.0172. The zero-order valence-corrected chi connectivity index (χ0v) is 22.2. The maximum atomic E-state index is 14.9. The van der Waals surface area contributed by atoms with Gasteiger partial charge >= 0.3 is 0 Å². The van der Waals surface area contributed by atoms with Gasteiger partial charge in [-0.25, -0.2) is 18.3 Å². The molecule has 0 saturated carbocycles. The Labute approximate surface area is 229 Å². The highest BCUT2D eigenvalue weighted by Gasteiger charge is 2.33. The van der Waals surface area contributed by atoms with E-state index in [9.17, 15) is 13.6 Å². The van der Waals surface area contributed by atoms with Gasteiger partial charge in [-0.1, -0.05) is 6.92 Å². The van der Waals surface area contributed by atoms with E-state index in [0.29, 0.717) is 30.9 Å². The van der Waals surface area contributed by atoms with Crippen LogP contribution in [-0.4, -0.2) is 69.0 Å². The third-order valence-corrected chi connectivity index (χ3v) is 7.04. The van der Waals surface area contributed by atoms with Gasteiger partial charge < -0.3 is 25.8 Å². The summed E-state index contributed by atoms with van der Waals surface area (Å²) in [5.41, 5.74) is 8.77. The molecule has 0 aliphatic carbocycles. The van der Waals surface area contributed by atoms with Crippen LogP contribution in [0.1, 0.15) is 25.2 Å². The quantitative estimate of drug-likeness (QED) is 0.304. The number of halogens is 2. The number of nitrogens with two attached hydrogens (primary N) is 1. The molecule has 3 atom stereocenters. The van der Waals surface area contributed by atoms with Crippen LogP contribution in [0, 0.1) is 17.6 Å². The monoisotopic (exact) mass is 551 g/mol. The third kappa shape index (κ3) is 5.58. The average Bonchev–Trinajstić information content (AvgIpc) is 3.31.